The first-order chi connectivity index (χ1) is 10.5. The number of amides is 2. The van der Waals surface area contributed by atoms with Gasteiger partial charge in [-0.05, 0) is 33.1 Å². The molecule has 23 heavy (non-hydrogen) atoms. The molecular formula is C16H31N3O4. The van der Waals surface area contributed by atoms with E-state index in [1.165, 1.54) is 4.90 Å². The second kappa shape index (κ2) is 7.97. The molecule has 0 unspecified atom stereocenters. The van der Waals surface area contributed by atoms with Crippen LogP contribution in [-0.2, 0) is 9.53 Å². The van der Waals surface area contributed by atoms with Gasteiger partial charge in [0, 0.05) is 19.0 Å². The molecule has 7 heteroatoms. The summed E-state index contributed by atoms with van der Waals surface area (Å²) in [5.41, 5.74) is 5.25. The van der Waals surface area contributed by atoms with E-state index in [-0.39, 0.29) is 18.4 Å². The normalized spacial score (nSPS) is 23.0. The first-order valence-corrected chi connectivity index (χ1v) is 8.19. The number of nitrogens with zero attached hydrogens (tertiary/aromatic N) is 1. The molecule has 1 saturated heterocycles. The van der Waals surface area contributed by atoms with Crippen molar-refractivity contribution in [1.82, 2.24) is 10.2 Å². The zero-order chi connectivity index (χ0) is 17.8. The van der Waals surface area contributed by atoms with Gasteiger partial charge in [0.2, 0.25) is 5.91 Å². The van der Waals surface area contributed by atoms with Gasteiger partial charge in [0.15, 0.2) is 0 Å². The summed E-state index contributed by atoms with van der Waals surface area (Å²) in [5.74, 6) is -0.0881. The highest BCUT2D eigenvalue weighted by Crippen LogP contribution is 2.19. The van der Waals surface area contributed by atoms with Crippen molar-refractivity contribution < 1.29 is 19.4 Å². The summed E-state index contributed by atoms with van der Waals surface area (Å²) in [6, 6.07) is -0.546. The van der Waals surface area contributed by atoms with E-state index in [0.717, 1.165) is 0 Å². The molecule has 0 spiro atoms. The number of likely N-dealkylation sites (tertiary alicyclic amines) is 1. The van der Waals surface area contributed by atoms with Crippen LogP contribution in [0.2, 0.25) is 0 Å². The van der Waals surface area contributed by atoms with E-state index in [1.54, 1.807) is 20.8 Å². The molecule has 1 aliphatic rings. The quantitative estimate of drug-likeness (QED) is 0.689. The smallest absolute Gasteiger partial charge is 0.410 e. The largest absolute Gasteiger partial charge is 0.444 e. The van der Waals surface area contributed by atoms with Crippen LogP contribution in [0.15, 0.2) is 0 Å². The number of ether oxygens (including phenoxy) is 1. The molecule has 0 saturated carbocycles. The Kier molecular flexibility index (Phi) is 6.83. The lowest BCUT2D eigenvalue weighted by Gasteiger charge is -2.24. The standard InChI is InChI=1S/C16H31N3O4/c1-10(2)6-12(17)14(21)18-7-11-8-19(9-13(11)20)15(22)23-16(3,4)5/h10-13,20H,6-9,17H2,1-5H3,(H,18,21)/t11-,12+,13+/m1/s1. The number of nitrogens with two attached hydrogens (primary N) is 1. The summed E-state index contributed by atoms with van der Waals surface area (Å²) in [6.45, 7) is 10.3. The first-order valence-electron chi connectivity index (χ1n) is 8.19. The Bertz CT molecular complexity index is 420. The van der Waals surface area contributed by atoms with Crippen LogP contribution in [0, 0.1) is 11.8 Å². The van der Waals surface area contributed by atoms with Crippen LogP contribution in [0.5, 0.6) is 0 Å². The van der Waals surface area contributed by atoms with Gasteiger partial charge in [-0.2, -0.15) is 0 Å². The molecule has 2 amide bonds. The number of β-amino-alcohol motifs (C(OH)–C–C–N with tert-alkyl or cyclic N) is 1. The van der Waals surface area contributed by atoms with Crippen molar-refractivity contribution in [1.29, 1.82) is 0 Å². The maximum atomic E-state index is 12.0. The van der Waals surface area contributed by atoms with Crippen molar-refractivity contribution in [2.75, 3.05) is 19.6 Å². The predicted molar refractivity (Wildman–Crippen MR) is 87.7 cm³/mol. The van der Waals surface area contributed by atoms with Gasteiger partial charge in [0.05, 0.1) is 18.7 Å². The third-order valence-corrected chi connectivity index (χ3v) is 3.66. The monoisotopic (exact) mass is 329 g/mol. The van der Waals surface area contributed by atoms with Crippen LogP contribution < -0.4 is 11.1 Å². The topological polar surface area (TPSA) is 105 Å². The molecule has 0 aliphatic carbocycles. The predicted octanol–water partition coefficient (Wildman–Crippen LogP) is 0.704. The van der Waals surface area contributed by atoms with Crippen LogP contribution >= 0.6 is 0 Å². The number of carbonyl (C=O) groups is 2. The number of carbonyl (C=O) groups excluding carboxylic acids is 2. The van der Waals surface area contributed by atoms with E-state index in [0.29, 0.717) is 25.4 Å². The Hall–Kier alpha value is -1.34. The summed E-state index contributed by atoms with van der Waals surface area (Å²) >= 11 is 0. The van der Waals surface area contributed by atoms with Crippen LogP contribution in [0.25, 0.3) is 0 Å². The van der Waals surface area contributed by atoms with Crippen LogP contribution in [0.1, 0.15) is 41.0 Å². The van der Waals surface area contributed by atoms with Crippen molar-refractivity contribution in [3.63, 3.8) is 0 Å². The Labute approximate surface area is 138 Å². The molecule has 1 rings (SSSR count). The molecule has 0 aromatic heterocycles. The number of hydrogen-bond acceptors (Lipinski definition) is 5. The molecule has 4 N–H and O–H groups in total. The maximum Gasteiger partial charge on any atom is 0.410 e. The fraction of sp³-hybridized carbons (Fsp3) is 0.875. The molecule has 7 nitrogen and oxygen atoms in total. The molecule has 1 heterocycles. The average Bonchev–Trinajstić information content (AvgIpc) is 2.74. The fourth-order valence-corrected chi connectivity index (χ4v) is 2.51. The number of hydrogen-bond donors (Lipinski definition) is 3. The summed E-state index contributed by atoms with van der Waals surface area (Å²) in [7, 11) is 0. The number of nitrogens with one attached hydrogen (secondary N) is 1. The van der Waals surface area contributed by atoms with Crippen molar-refractivity contribution in [3.05, 3.63) is 0 Å². The van der Waals surface area contributed by atoms with Gasteiger partial charge in [-0.25, -0.2) is 4.79 Å². The van der Waals surface area contributed by atoms with E-state index in [4.69, 9.17) is 10.5 Å². The highest BCUT2D eigenvalue weighted by molar-refractivity contribution is 5.81. The van der Waals surface area contributed by atoms with Gasteiger partial charge in [0.1, 0.15) is 5.60 Å². The minimum Gasteiger partial charge on any atom is -0.444 e. The number of rotatable bonds is 5. The lowest BCUT2D eigenvalue weighted by molar-refractivity contribution is -0.122. The van der Waals surface area contributed by atoms with Crippen molar-refractivity contribution in [2.45, 2.75) is 58.8 Å². The van der Waals surface area contributed by atoms with Crippen molar-refractivity contribution in [2.24, 2.45) is 17.6 Å². The summed E-state index contributed by atoms with van der Waals surface area (Å²) in [5, 5.41) is 12.8. The molecular weight excluding hydrogens is 298 g/mol. The van der Waals surface area contributed by atoms with Gasteiger partial charge in [-0.15, -0.1) is 0 Å². The lowest BCUT2D eigenvalue weighted by atomic mass is 10.0. The van der Waals surface area contributed by atoms with Gasteiger partial charge in [0.25, 0.3) is 0 Å². The Morgan fingerprint density at radius 1 is 1.35 bits per heavy atom. The van der Waals surface area contributed by atoms with Crippen LogP contribution in [0.4, 0.5) is 4.79 Å². The third-order valence-electron chi connectivity index (χ3n) is 3.66. The molecule has 0 aromatic rings. The highest BCUT2D eigenvalue weighted by atomic mass is 16.6. The molecule has 0 radical (unpaired) electrons. The average molecular weight is 329 g/mol. The van der Waals surface area contributed by atoms with E-state index < -0.39 is 23.8 Å². The molecule has 1 fully saturated rings. The second-order valence-corrected chi connectivity index (χ2v) is 7.69. The Balaban J connectivity index is 2.44. The van der Waals surface area contributed by atoms with Crippen LogP contribution in [-0.4, -0.2) is 59.4 Å². The molecule has 1 aliphatic heterocycles. The number of aliphatic hydroxyl groups excluding tert-OH is 1. The maximum absolute atomic E-state index is 12.0. The second-order valence-electron chi connectivity index (χ2n) is 7.69. The van der Waals surface area contributed by atoms with E-state index in [2.05, 4.69) is 5.32 Å². The minimum absolute atomic E-state index is 0.210. The zero-order valence-electron chi connectivity index (χ0n) is 14.8. The number of aliphatic hydroxyl groups is 1. The minimum atomic E-state index is -0.677. The fourth-order valence-electron chi connectivity index (χ4n) is 2.51. The highest BCUT2D eigenvalue weighted by Gasteiger charge is 2.36. The lowest BCUT2D eigenvalue weighted by Crippen LogP contribution is -2.44. The van der Waals surface area contributed by atoms with Gasteiger partial charge < -0.3 is 25.8 Å². The van der Waals surface area contributed by atoms with Gasteiger partial charge in [-0.3, -0.25) is 4.79 Å². The van der Waals surface area contributed by atoms with Crippen LogP contribution in [0.3, 0.4) is 0 Å². The third kappa shape index (κ3) is 6.74. The van der Waals surface area contributed by atoms with E-state index >= 15 is 0 Å². The molecule has 0 bridgehead atoms. The SMILES string of the molecule is CC(C)C[C@H](N)C(=O)NC[C@@H]1CN(C(=O)OC(C)(C)C)C[C@@H]1O. The Morgan fingerprint density at radius 3 is 2.48 bits per heavy atom. The van der Waals surface area contributed by atoms with E-state index in [1.807, 2.05) is 13.8 Å². The van der Waals surface area contributed by atoms with Gasteiger partial charge >= 0.3 is 6.09 Å². The van der Waals surface area contributed by atoms with Crippen molar-refractivity contribution >= 4 is 12.0 Å². The summed E-state index contributed by atoms with van der Waals surface area (Å²) in [4.78, 5) is 25.4. The molecule has 0 aromatic carbocycles. The molecule has 134 valence electrons. The first kappa shape index (κ1) is 19.7. The zero-order valence-corrected chi connectivity index (χ0v) is 14.8. The summed E-state index contributed by atoms with van der Waals surface area (Å²) in [6.07, 6.45) is -0.505. The Morgan fingerprint density at radius 2 is 1.96 bits per heavy atom. The van der Waals surface area contributed by atoms with Gasteiger partial charge in [-0.1, -0.05) is 13.8 Å². The van der Waals surface area contributed by atoms with Crippen molar-refractivity contribution in [3.8, 4) is 0 Å². The summed E-state index contributed by atoms with van der Waals surface area (Å²) < 4.78 is 5.29. The molecule has 3 atom stereocenters. The van der Waals surface area contributed by atoms with E-state index in [9.17, 15) is 14.7 Å².